The van der Waals surface area contributed by atoms with E-state index in [9.17, 15) is 26.7 Å². The van der Waals surface area contributed by atoms with Gasteiger partial charge in [-0.3, -0.25) is 4.79 Å². The van der Waals surface area contributed by atoms with Crippen molar-refractivity contribution in [3.8, 4) is 16.3 Å². The zero-order chi connectivity index (χ0) is 25.0. The van der Waals surface area contributed by atoms with Crippen molar-refractivity contribution in [1.29, 1.82) is 0 Å². The number of alkyl halides is 3. The summed E-state index contributed by atoms with van der Waals surface area (Å²) in [5.74, 6) is -1.28. The molecule has 3 aromatic carbocycles. The van der Waals surface area contributed by atoms with Crippen LogP contribution in [0.15, 0.2) is 72.1 Å². The minimum atomic E-state index is -4.46. The molecule has 0 saturated heterocycles. The van der Waals surface area contributed by atoms with Crippen molar-refractivity contribution < 1.29 is 31.5 Å². The van der Waals surface area contributed by atoms with Gasteiger partial charge in [0, 0.05) is 23.1 Å². The van der Waals surface area contributed by atoms with Crippen molar-refractivity contribution in [2.45, 2.75) is 19.3 Å². The average molecular weight is 504 g/mol. The molecule has 0 spiro atoms. The molecule has 1 N–H and O–H groups in total. The lowest BCUT2D eigenvalue weighted by Crippen LogP contribution is -2.23. The number of rotatable bonds is 7. The second kappa shape index (κ2) is 10.2. The number of ether oxygens (including phenoxy) is 1. The number of hydrogen-bond acceptors (Lipinski definition) is 4. The number of nitrogens with zero attached hydrogens (tertiary/aromatic N) is 1. The molecular weight excluding hydrogens is 487 g/mol. The van der Waals surface area contributed by atoms with Crippen LogP contribution in [-0.4, -0.2) is 10.9 Å². The van der Waals surface area contributed by atoms with Gasteiger partial charge in [0.25, 0.3) is 5.91 Å². The maximum Gasteiger partial charge on any atom is 0.416 e. The fraction of sp³-hybridized carbons (Fsp3) is 0.120. The van der Waals surface area contributed by atoms with Crippen LogP contribution >= 0.6 is 11.3 Å². The van der Waals surface area contributed by atoms with Crippen LogP contribution in [0.4, 0.5) is 22.0 Å². The zero-order valence-corrected chi connectivity index (χ0v) is 18.7. The monoisotopic (exact) mass is 504 g/mol. The summed E-state index contributed by atoms with van der Waals surface area (Å²) in [7, 11) is 0. The van der Waals surface area contributed by atoms with Crippen LogP contribution in [-0.2, 0) is 19.3 Å². The number of thiazole rings is 1. The molecule has 0 fully saturated rings. The van der Waals surface area contributed by atoms with E-state index in [1.54, 1.807) is 24.3 Å². The third-order valence-corrected chi connectivity index (χ3v) is 5.82. The zero-order valence-electron chi connectivity index (χ0n) is 17.9. The third-order valence-electron chi connectivity index (χ3n) is 4.93. The fourth-order valence-electron chi connectivity index (χ4n) is 3.18. The van der Waals surface area contributed by atoms with E-state index in [1.165, 1.54) is 28.8 Å². The van der Waals surface area contributed by atoms with Gasteiger partial charge in [0.1, 0.15) is 34.7 Å². The molecule has 1 aromatic heterocycles. The highest BCUT2D eigenvalue weighted by molar-refractivity contribution is 7.13. The van der Waals surface area contributed by atoms with Gasteiger partial charge in [-0.25, -0.2) is 13.8 Å². The number of nitrogens with one attached hydrogen (secondary N) is 1. The lowest BCUT2D eigenvalue weighted by Gasteiger charge is -2.09. The Hall–Kier alpha value is -3.79. The molecule has 0 aliphatic carbocycles. The maximum absolute atomic E-state index is 13.8. The number of hydrogen-bond donors (Lipinski definition) is 1. The molecule has 4 rings (SSSR count). The predicted molar refractivity (Wildman–Crippen MR) is 121 cm³/mol. The van der Waals surface area contributed by atoms with E-state index in [0.29, 0.717) is 21.9 Å². The number of amides is 1. The Morgan fingerprint density at radius 1 is 1.00 bits per heavy atom. The molecule has 4 nitrogen and oxygen atoms in total. The number of benzene rings is 3. The summed E-state index contributed by atoms with van der Waals surface area (Å²) in [4.78, 5) is 16.7. The molecular formula is C25H17F5N2O2S. The van der Waals surface area contributed by atoms with E-state index in [1.807, 2.05) is 0 Å². The summed E-state index contributed by atoms with van der Waals surface area (Å²) < 4.78 is 71.3. The Kier molecular flexibility index (Phi) is 7.11. The van der Waals surface area contributed by atoms with Crippen molar-refractivity contribution in [1.82, 2.24) is 10.3 Å². The van der Waals surface area contributed by atoms with Crippen LogP contribution in [0.1, 0.15) is 27.2 Å². The average Bonchev–Trinajstić information content (AvgIpc) is 3.34. The van der Waals surface area contributed by atoms with Crippen molar-refractivity contribution >= 4 is 17.2 Å². The van der Waals surface area contributed by atoms with Gasteiger partial charge >= 0.3 is 6.18 Å². The smallest absolute Gasteiger partial charge is 0.416 e. The van der Waals surface area contributed by atoms with Crippen molar-refractivity contribution in [2.75, 3.05) is 0 Å². The van der Waals surface area contributed by atoms with Crippen LogP contribution in [0, 0.1) is 11.6 Å². The Bertz CT molecular complexity index is 1350. The summed E-state index contributed by atoms with van der Waals surface area (Å²) in [6.45, 7) is -0.260. The van der Waals surface area contributed by atoms with E-state index < -0.39 is 29.3 Å². The molecule has 180 valence electrons. The lowest BCUT2D eigenvalue weighted by molar-refractivity contribution is -0.137. The molecule has 0 aliphatic rings. The van der Waals surface area contributed by atoms with Gasteiger partial charge in [0.2, 0.25) is 0 Å². The van der Waals surface area contributed by atoms with Crippen molar-refractivity contribution in [3.05, 3.63) is 106 Å². The second-order valence-corrected chi connectivity index (χ2v) is 8.33. The molecule has 1 heterocycles. The van der Waals surface area contributed by atoms with Crippen molar-refractivity contribution in [2.24, 2.45) is 0 Å². The van der Waals surface area contributed by atoms with Crippen LogP contribution in [0.2, 0.25) is 0 Å². The Balaban J connectivity index is 1.40. The van der Waals surface area contributed by atoms with Gasteiger partial charge < -0.3 is 10.1 Å². The molecule has 0 radical (unpaired) electrons. The van der Waals surface area contributed by atoms with Gasteiger partial charge in [-0.2, -0.15) is 13.2 Å². The minimum absolute atomic E-state index is 0.0735. The first-order valence-corrected chi connectivity index (χ1v) is 11.1. The van der Waals surface area contributed by atoms with Gasteiger partial charge in [0.15, 0.2) is 0 Å². The summed E-state index contributed by atoms with van der Waals surface area (Å²) >= 11 is 1.20. The van der Waals surface area contributed by atoms with Gasteiger partial charge in [-0.15, -0.1) is 11.3 Å². The van der Waals surface area contributed by atoms with Crippen LogP contribution in [0.25, 0.3) is 10.6 Å². The normalized spacial score (nSPS) is 11.3. The molecule has 4 aromatic rings. The largest absolute Gasteiger partial charge is 0.489 e. The molecule has 0 aliphatic heterocycles. The number of carbonyl (C=O) groups is 1. The number of halogens is 5. The first-order valence-electron chi connectivity index (χ1n) is 10.3. The Labute approximate surface area is 201 Å². The van der Waals surface area contributed by atoms with E-state index in [4.69, 9.17) is 4.74 Å². The second-order valence-electron chi connectivity index (χ2n) is 7.47. The highest BCUT2D eigenvalue weighted by Crippen LogP contribution is 2.30. The molecule has 10 heteroatoms. The van der Waals surface area contributed by atoms with Crippen molar-refractivity contribution in [3.63, 3.8) is 0 Å². The Morgan fingerprint density at radius 2 is 1.80 bits per heavy atom. The Morgan fingerprint density at radius 3 is 2.60 bits per heavy atom. The summed E-state index contributed by atoms with van der Waals surface area (Å²) in [6.07, 6.45) is -4.46. The summed E-state index contributed by atoms with van der Waals surface area (Å²) in [5.41, 5.74) is 0.351. The first-order chi connectivity index (χ1) is 16.7. The fourth-order valence-corrected chi connectivity index (χ4v) is 3.97. The summed E-state index contributed by atoms with van der Waals surface area (Å²) in [6, 6.07) is 14.6. The number of aromatic nitrogens is 1. The van der Waals surface area contributed by atoms with Crippen LogP contribution in [0.5, 0.6) is 5.75 Å². The highest BCUT2D eigenvalue weighted by atomic mass is 32.1. The molecule has 0 atom stereocenters. The van der Waals surface area contributed by atoms with E-state index in [2.05, 4.69) is 10.3 Å². The van der Waals surface area contributed by atoms with Gasteiger partial charge in [-0.1, -0.05) is 24.3 Å². The molecule has 1 amide bonds. The highest BCUT2D eigenvalue weighted by Gasteiger charge is 2.30. The van der Waals surface area contributed by atoms with E-state index in [-0.39, 0.29) is 24.4 Å². The lowest BCUT2D eigenvalue weighted by atomic mass is 10.1. The van der Waals surface area contributed by atoms with Gasteiger partial charge in [-0.05, 0) is 48.0 Å². The standard InChI is InChI=1S/C25H17F5N2O2S/c26-19-7-8-21(27)17(10-19)13-34-20-6-2-4-16(11-20)24-32-22(14-35-24)23(33)31-12-15-3-1-5-18(9-15)25(28,29)30/h1-11,14H,12-13H2,(H,31,33). The molecule has 0 bridgehead atoms. The first kappa shape index (κ1) is 24.3. The molecule has 35 heavy (non-hydrogen) atoms. The predicted octanol–water partition coefficient (Wildman–Crippen LogP) is 6.62. The topological polar surface area (TPSA) is 51.2 Å². The van der Waals surface area contributed by atoms with Gasteiger partial charge in [0.05, 0.1) is 5.56 Å². The van der Waals surface area contributed by atoms with E-state index >= 15 is 0 Å². The van der Waals surface area contributed by atoms with Crippen LogP contribution in [0.3, 0.4) is 0 Å². The summed E-state index contributed by atoms with van der Waals surface area (Å²) in [5, 5.41) is 4.61. The number of carbonyl (C=O) groups excluding carboxylic acids is 1. The maximum atomic E-state index is 13.8. The molecule has 0 saturated carbocycles. The van der Waals surface area contributed by atoms with E-state index in [0.717, 1.165) is 30.3 Å². The SMILES string of the molecule is O=C(NCc1cccc(C(F)(F)F)c1)c1csc(-c2cccc(OCc3cc(F)ccc3F)c2)n1. The quantitative estimate of drug-likeness (QED) is 0.288. The molecule has 0 unspecified atom stereocenters. The van der Waals surface area contributed by atoms with Crippen LogP contribution < -0.4 is 10.1 Å². The minimum Gasteiger partial charge on any atom is -0.489 e. The third kappa shape index (κ3) is 6.21.